The Labute approximate surface area is 180 Å². The summed E-state index contributed by atoms with van der Waals surface area (Å²) in [6, 6.07) is 13.3. The van der Waals surface area contributed by atoms with Gasteiger partial charge in [-0.15, -0.1) is 10.2 Å². The van der Waals surface area contributed by atoms with Crippen molar-refractivity contribution in [1.29, 1.82) is 0 Å². The summed E-state index contributed by atoms with van der Waals surface area (Å²) in [5.41, 5.74) is 3.14. The van der Waals surface area contributed by atoms with Crippen LogP contribution in [0.1, 0.15) is 23.9 Å². The van der Waals surface area contributed by atoms with Crippen molar-refractivity contribution < 1.29 is 14.3 Å². The number of nitrogens with zero attached hydrogens (tertiary/aromatic N) is 3. The summed E-state index contributed by atoms with van der Waals surface area (Å²) in [5.74, 6) is 2.17. The molecule has 2 aromatic carbocycles. The molecule has 30 heavy (non-hydrogen) atoms. The van der Waals surface area contributed by atoms with Gasteiger partial charge in [0, 0.05) is 12.2 Å². The van der Waals surface area contributed by atoms with Crippen LogP contribution in [-0.2, 0) is 17.9 Å². The molecule has 0 unspecified atom stereocenters. The predicted molar refractivity (Wildman–Crippen MR) is 118 cm³/mol. The van der Waals surface area contributed by atoms with E-state index in [4.69, 9.17) is 9.47 Å². The second kappa shape index (κ2) is 10.2. The minimum Gasteiger partial charge on any atom is -0.493 e. The van der Waals surface area contributed by atoms with Gasteiger partial charge in [0.05, 0.1) is 12.9 Å². The van der Waals surface area contributed by atoms with E-state index in [0.29, 0.717) is 29.0 Å². The maximum atomic E-state index is 12.3. The highest BCUT2D eigenvalue weighted by Crippen LogP contribution is 2.27. The van der Waals surface area contributed by atoms with Gasteiger partial charge in [0.2, 0.25) is 5.91 Å². The molecule has 0 aliphatic rings. The molecule has 0 saturated heterocycles. The van der Waals surface area contributed by atoms with E-state index < -0.39 is 0 Å². The zero-order chi connectivity index (χ0) is 21.5. The van der Waals surface area contributed by atoms with Crippen molar-refractivity contribution in [1.82, 2.24) is 14.8 Å². The second-order valence-electron chi connectivity index (χ2n) is 6.72. The number of rotatable bonds is 9. The van der Waals surface area contributed by atoms with Gasteiger partial charge in [0.15, 0.2) is 22.5 Å². The minimum absolute atomic E-state index is 0.0827. The Morgan fingerprint density at radius 2 is 1.87 bits per heavy atom. The fraction of sp³-hybridized carbons (Fsp3) is 0.318. The number of carbonyl (C=O) groups is 1. The van der Waals surface area contributed by atoms with Gasteiger partial charge in [-0.2, -0.15) is 0 Å². The normalized spacial score (nSPS) is 10.7. The van der Waals surface area contributed by atoms with Crippen LogP contribution < -0.4 is 14.8 Å². The van der Waals surface area contributed by atoms with Crippen LogP contribution in [0.25, 0.3) is 0 Å². The number of benzene rings is 2. The first-order valence-corrected chi connectivity index (χ1v) is 10.7. The molecule has 1 heterocycles. The maximum Gasteiger partial charge on any atom is 0.234 e. The number of hydrogen-bond acceptors (Lipinski definition) is 6. The predicted octanol–water partition coefficient (Wildman–Crippen LogP) is 4.23. The molecule has 0 aliphatic carbocycles. The SMILES string of the molecule is CCn1c(COc2ccccc2OC)nnc1SCC(=O)Nc1ccc(C)c(C)c1. The second-order valence-corrected chi connectivity index (χ2v) is 7.66. The summed E-state index contributed by atoms with van der Waals surface area (Å²) in [6.45, 7) is 7.02. The summed E-state index contributed by atoms with van der Waals surface area (Å²) >= 11 is 1.35. The summed E-state index contributed by atoms with van der Waals surface area (Å²) in [6.07, 6.45) is 0. The highest BCUT2D eigenvalue weighted by Gasteiger charge is 2.15. The molecule has 0 radical (unpaired) electrons. The quantitative estimate of drug-likeness (QED) is 0.516. The van der Waals surface area contributed by atoms with Crippen molar-refractivity contribution in [2.24, 2.45) is 0 Å². The number of ether oxygens (including phenoxy) is 2. The summed E-state index contributed by atoms with van der Waals surface area (Å²) < 4.78 is 13.1. The smallest absolute Gasteiger partial charge is 0.234 e. The number of aromatic nitrogens is 3. The lowest BCUT2D eigenvalue weighted by molar-refractivity contribution is -0.113. The van der Waals surface area contributed by atoms with E-state index in [9.17, 15) is 4.79 Å². The van der Waals surface area contributed by atoms with Gasteiger partial charge >= 0.3 is 0 Å². The third-order valence-electron chi connectivity index (χ3n) is 4.66. The van der Waals surface area contributed by atoms with Gasteiger partial charge in [0.1, 0.15) is 6.61 Å². The molecule has 0 aliphatic heterocycles. The molecule has 0 bridgehead atoms. The van der Waals surface area contributed by atoms with E-state index in [1.54, 1.807) is 7.11 Å². The number of anilines is 1. The monoisotopic (exact) mass is 426 g/mol. The summed E-state index contributed by atoms with van der Waals surface area (Å²) in [4.78, 5) is 12.3. The van der Waals surface area contributed by atoms with E-state index in [2.05, 4.69) is 15.5 Å². The first-order chi connectivity index (χ1) is 14.5. The molecule has 1 N–H and O–H groups in total. The molecule has 3 aromatic rings. The average Bonchev–Trinajstić information content (AvgIpc) is 3.15. The minimum atomic E-state index is -0.0827. The van der Waals surface area contributed by atoms with E-state index in [1.807, 2.05) is 67.8 Å². The van der Waals surface area contributed by atoms with Gasteiger partial charge in [-0.3, -0.25) is 4.79 Å². The van der Waals surface area contributed by atoms with Crippen LogP contribution in [0.3, 0.4) is 0 Å². The molecule has 1 amide bonds. The lowest BCUT2D eigenvalue weighted by Gasteiger charge is -2.11. The van der Waals surface area contributed by atoms with Crippen molar-refractivity contribution in [2.45, 2.75) is 39.1 Å². The zero-order valence-corrected chi connectivity index (χ0v) is 18.5. The number of carbonyl (C=O) groups excluding carboxylic acids is 1. The standard InChI is InChI=1S/C22H26N4O3S/c1-5-26-20(13-29-19-9-7-6-8-18(19)28-4)24-25-22(26)30-14-21(27)23-17-11-10-15(2)16(3)12-17/h6-12H,5,13-14H2,1-4H3,(H,23,27). The fourth-order valence-electron chi connectivity index (χ4n) is 2.88. The number of aryl methyl sites for hydroxylation is 2. The largest absolute Gasteiger partial charge is 0.493 e. The lowest BCUT2D eigenvalue weighted by Crippen LogP contribution is -2.15. The fourth-order valence-corrected chi connectivity index (χ4v) is 3.70. The maximum absolute atomic E-state index is 12.3. The molecule has 8 heteroatoms. The van der Waals surface area contributed by atoms with E-state index in [0.717, 1.165) is 11.3 Å². The molecule has 1 aromatic heterocycles. The third kappa shape index (κ3) is 5.33. The Morgan fingerprint density at radius 1 is 1.10 bits per heavy atom. The lowest BCUT2D eigenvalue weighted by atomic mass is 10.1. The molecule has 0 spiro atoms. The Kier molecular flexibility index (Phi) is 7.35. The van der Waals surface area contributed by atoms with Crippen LogP contribution in [0.4, 0.5) is 5.69 Å². The van der Waals surface area contributed by atoms with Crippen molar-refractivity contribution in [3.05, 3.63) is 59.4 Å². The van der Waals surface area contributed by atoms with Crippen LogP contribution in [0, 0.1) is 13.8 Å². The summed E-state index contributed by atoms with van der Waals surface area (Å²) in [5, 5.41) is 12.1. The highest BCUT2D eigenvalue weighted by atomic mass is 32.2. The van der Waals surface area contributed by atoms with Crippen LogP contribution in [0.5, 0.6) is 11.5 Å². The number of hydrogen-bond donors (Lipinski definition) is 1. The van der Waals surface area contributed by atoms with Gasteiger partial charge in [-0.1, -0.05) is 30.0 Å². The van der Waals surface area contributed by atoms with E-state index in [-0.39, 0.29) is 18.3 Å². The van der Waals surface area contributed by atoms with E-state index >= 15 is 0 Å². The topological polar surface area (TPSA) is 78.3 Å². The molecule has 0 atom stereocenters. The molecule has 7 nitrogen and oxygen atoms in total. The van der Waals surface area contributed by atoms with Crippen molar-refractivity contribution in [3.8, 4) is 11.5 Å². The van der Waals surface area contributed by atoms with Crippen LogP contribution >= 0.6 is 11.8 Å². The Hall–Kier alpha value is -3.00. The van der Waals surface area contributed by atoms with Crippen molar-refractivity contribution >= 4 is 23.4 Å². The first-order valence-electron chi connectivity index (χ1n) is 9.69. The van der Waals surface area contributed by atoms with Crippen LogP contribution in [0.15, 0.2) is 47.6 Å². The van der Waals surface area contributed by atoms with Crippen molar-refractivity contribution in [2.75, 3.05) is 18.2 Å². The Bertz CT molecular complexity index is 1020. The Balaban J connectivity index is 1.59. The number of nitrogens with one attached hydrogen (secondary N) is 1. The average molecular weight is 427 g/mol. The number of methoxy groups -OCH3 is 1. The number of thioether (sulfide) groups is 1. The first kappa shape index (κ1) is 21.7. The number of amides is 1. The molecular formula is C22H26N4O3S. The van der Waals surface area contributed by atoms with Crippen LogP contribution in [0.2, 0.25) is 0 Å². The Morgan fingerprint density at radius 3 is 2.57 bits per heavy atom. The highest BCUT2D eigenvalue weighted by molar-refractivity contribution is 7.99. The van der Waals surface area contributed by atoms with Crippen LogP contribution in [-0.4, -0.2) is 33.5 Å². The van der Waals surface area contributed by atoms with Crippen molar-refractivity contribution in [3.63, 3.8) is 0 Å². The van der Waals surface area contributed by atoms with E-state index in [1.165, 1.54) is 17.3 Å². The van der Waals surface area contributed by atoms with Gasteiger partial charge in [0.25, 0.3) is 0 Å². The van der Waals surface area contributed by atoms with Gasteiger partial charge in [-0.25, -0.2) is 0 Å². The molecule has 0 fully saturated rings. The van der Waals surface area contributed by atoms with Gasteiger partial charge < -0.3 is 19.4 Å². The van der Waals surface area contributed by atoms with Gasteiger partial charge in [-0.05, 0) is 56.2 Å². The molecule has 3 rings (SSSR count). The third-order valence-corrected chi connectivity index (χ3v) is 5.63. The summed E-state index contributed by atoms with van der Waals surface area (Å²) in [7, 11) is 1.61. The molecular weight excluding hydrogens is 400 g/mol. The zero-order valence-electron chi connectivity index (χ0n) is 17.6. The number of para-hydroxylation sites is 2. The molecule has 158 valence electrons. The molecule has 0 saturated carbocycles.